The number of pyridine rings is 1. The first-order valence-electron chi connectivity index (χ1n) is 3.82. The largest absolute Gasteiger partial charge is 0.245 e. The van der Waals surface area contributed by atoms with Crippen LogP contribution in [0.15, 0.2) is 39.1 Å². The average molecular weight is 219 g/mol. The Bertz CT molecular complexity index is 459. The maximum absolute atomic E-state index is 8.65. The van der Waals surface area contributed by atoms with Crippen LogP contribution in [0.25, 0.3) is 0 Å². The van der Waals surface area contributed by atoms with Gasteiger partial charge < -0.3 is 0 Å². The quantitative estimate of drug-likeness (QED) is 0.778. The van der Waals surface area contributed by atoms with Gasteiger partial charge in [0.15, 0.2) is 4.34 Å². The van der Waals surface area contributed by atoms with Gasteiger partial charge in [0.2, 0.25) is 0 Å². The van der Waals surface area contributed by atoms with E-state index >= 15 is 0 Å². The summed E-state index contributed by atoms with van der Waals surface area (Å²) >= 11 is 3.12. The molecule has 0 aliphatic heterocycles. The summed E-state index contributed by atoms with van der Waals surface area (Å²) in [6, 6.07) is 5.63. The van der Waals surface area contributed by atoms with Crippen LogP contribution in [0.4, 0.5) is 0 Å². The second kappa shape index (κ2) is 4.22. The number of thiazole rings is 1. The summed E-state index contributed by atoms with van der Waals surface area (Å²) in [6.07, 6.45) is 3.40. The molecular formula is C9H5N3S2. The molecular weight excluding hydrogens is 214 g/mol. The number of nitrogens with zero attached hydrogens (tertiary/aromatic N) is 3. The highest BCUT2D eigenvalue weighted by molar-refractivity contribution is 8.01. The van der Waals surface area contributed by atoms with Gasteiger partial charge in [-0.05, 0) is 12.1 Å². The van der Waals surface area contributed by atoms with Crippen molar-refractivity contribution in [2.24, 2.45) is 0 Å². The third-order valence-corrected chi connectivity index (χ3v) is 3.33. The molecule has 68 valence electrons. The summed E-state index contributed by atoms with van der Waals surface area (Å²) in [7, 11) is 0. The lowest BCUT2D eigenvalue weighted by Gasteiger charge is -1.96. The summed E-state index contributed by atoms with van der Waals surface area (Å²) in [5.74, 6) is 0. The molecule has 0 atom stereocenters. The van der Waals surface area contributed by atoms with Gasteiger partial charge in [0.1, 0.15) is 11.8 Å². The first-order valence-corrected chi connectivity index (χ1v) is 5.51. The summed E-state index contributed by atoms with van der Waals surface area (Å²) in [4.78, 5) is 9.03. The van der Waals surface area contributed by atoms with Crippen molar-refractivity contribution < 1.29 is 0 Å². The average Bonchev–Trinajstić information content (AvgIpc) is 2.71. The summed E-state index contributed by atoms with van der Waals surface area (Å²) < 4.78 is 0.972. The summed E-state index contributed by atoms with van der Waals surface area (Å²) in [5.41, 5.74) is 0.437. The zero-order valence-electron chi connectivity index (χ0n) is 7.04. The van der Waals surface area contributed by atoms with E-state index in [0.29, 0.717) is 5.69 Å². The van der Waals surface area contributed by atoms with Gasteiger partial charge in [-0.2, -0.15) is 5.26 Å². The molecule has 0 aromatic carbocycles. The van der Waals surface area contributed by atoms with Gasteiger partial charge in [0, 0.05) is 22.7 Å². The topological polar surface area (TPSA) is 49.6 Å². The highest BCUT2D eigenvalue weighted by Crippen LogP contribution is 2.28. The van der Waals surface area contributed by atoms with Crippen LogP contribution in [-0.2, 0) is 0 Å². The van der Waals surface area contributed by atoms with Gasteiger partial charge in [-0.25, -0.2) is 9.97 Å². The zero-order valence-corrected chi connectivity index (χ0v) is 8.68. The van der Waals surface area contributed by atoms with Gasteiger partial charge in [0.05, 0.1) is 0 Å². The number of rotatable bonds is 2. The molecule has 3 nitrogen and oxygen atoms in total. The molecule has 2 aromatic heterocycles. The monoisotopic (exact) mass is 219 g/mol. The fraction of sp³-hybridized carbons (Fsp3) is 0. The van der Waals surface area contributed by atoms with Crippen LogP contribution in [0.1, 0.15) is 5.69 Å². The van der Waals surface area contributed by atoms with E-state index in [2.05, 4.69) is 9.97 Å². The maximum Gasteiger partial charge on any atom is 0.154 e. The molecule has 2 rings (SSSR count). The number of aromatic nitrogens is 2. The Kier molecular flexibility index (Phi) is 2.77. The number of hydrogen-bond acceptors (Lipinski definition) is 5. The van der Waals surface area contributed by atoms with Gasteiger partial charge in [-0.1, -0.05) is 11.8 Å². The van der Waals surface area contributed by atoms with Crippen LogP contribution < -0.4 is 0 Å². The first kappa shape index (κ1) is 9.19. The third-order valence-electron chi connectivity index (χ3n) is 1.46. The molecule has 0 aliphatic carbocycles. The highest BCUT2D eigenvalue weighted by atomic mass is 32.2. The van der Waals surface area contributed by atoms with Crippen LogP contribution in [0.5, 0.6) is 0 Å². The predicted molar refractivity (Wildman–Crippen MR) is 55.2 cm³/mol. The Morgan fingerprint density at radius 3 is 3.00 bits per heavy atom. The zero-order chi connectivity index (χ0) is 9.80. The molecule has 0 amide bonds. The second-order valence-electron chi connectivity index (χ2n) is 2.39. The molecule has 0 radical (unpaired) electrons. The van der Waals surface area contributed by atoms with E-state index in [0.717, 1.165) is 9.24 Å². The van der Waals surface area contributed by atoms with Crippen molar-refractivity contribution in [3.8, 4) is 6.07 Å². The van der Waals surface area contributed by atoms with Crippen LogP contribution in [0, 0.1) is 11.3 Å². The Labute approximate surface area is 89.4 Å². The molecule has 0 unspecified atom stereocenters. The standard InChI is InChI=1S/C9H5N3S2/c10-6-7-5-8(1-2-11-7)14-9-12-3-4-13-9/h1-5H. The van der Waals surface area contributed by atoms with Crippen LogP contribution >= 0.6 is 23.1 Å². The Morgan fingerprint density at radius 1 is 1.36 bits per heavy atom. The van der Waals surface area contributed by atoms with Crippen molar-refractivity contribution in [3.63, 3.8) is 0 Å². The lowest BCUT2D eigenvalue weighted by atomic mass is 10.4. The molecule has 2 aromatic rings. The SMILES string of the molecule is N#Cc1cc(Sc2nccs2)ccn1. The second-order valence-corrected chi connectivity index (χ2v) is 4.60. The van der Waals surface area contributed by atoms with E-state index in [4.69, 9.17) is 5.26 Å². The maximum atomic E-state index is 8.65. The molecule has 0 fully saturated rings. The van der Waals surface area contributed by atoms with Gasteiger partial charge in [-0.3, -0.25) is 0 Å². The highest BCUT2D eigenvalue weighted by Gasteiger charge is 2.00. The van der Waals surface area contributed by atoms with Crippen molar-refractivity contribution in [1.29, 1.82) is 5.26 Å². The minimum Gasteiger partial charge on any atom is -0.245 e. The number of hydrogen-bond donors (Lipinski definition) is 0. The van der Waals surface area contributed by atoms with Crippen LogP contribution in [-0.4, -0.2) is 9.97 Å². The third kappa shape index (κ3) is 2.10. The van der Waals surface area contributed by atoms with E-state index in [1.807, 2.05) is 17.5 Å². The van der Waals surface area contributed by atoms with E-state index in [-0.39, 0.29) is 0 Å². The molecule has 0 saturated heterocycles. The van der Waals surface area contributed by atoms with Crippen molar-refractivity contribution in [2.45, 2.75) is 9.24 Å². The predicted octanol–water partition coefficient (Wildman–Crippen LogP) is 2.56. The van der Waals surface area contributed by atoms with Crippen LogP contribution in [0.2, 0.25) is 0 Å². The van der Waals surface area contributed by atoms with E-state index in [1.54, 1.807) is 41.6 Å². The summed E-state index contributed by atoms with van der Waals surface area (Å²) in [5, 5.41) is 10.6. The molecule has 5 heteroatoms. The molecule has 0 spiro atoms. The Balaban J connectivity index is 2.22. The van der Waals surface area contributed by atoms with Crippen molar-refractivity contribution in [3.05, 3.63) is 35.6 Å². The normalized spacial score (nSPS) is 9.64. The lowest BCUT2D eigenvalue weighted by Crippen LogP contribution is -1.81. The molecule has 0 saturated carbocycles. The molecule has 0 aliphatic rings. The molecule has 0 bridgehead atoms. The van der Waals surface area contributed by atoms with Crippen molar-refractivity contribution in [2.75, 3.05) is 0 Å². The Morgan fingerprint density at radius 2 is 2.29 bits per heavy atom. The van der Waals surface area contributed by atoms with Crippen molar-refractivity contribution >= 4 is 23.1 Å². The Hall–Kier alpha value is -1.38. The fourth-order valence-corrected chi connectivity index (χ4v) is 2.52. The lowest BCUT2D eigenvalue weighted by molar-refractivity contribution is 1.20. The molecule has 0 N–H and O–H groups in total. The smallest absolute Gasteiger partial charge is 0.154 e. The molecule has 2 heterocycles. The van der Waals surface area contributed by atoms with Gasteiger partial charge >= 0.3 is 0 Å². The molecule has 14 heavy (non-hydrogen) atoms. The number of nitriles is 1. The van der Waals surface area contributed by atoms with Gasteiger partial charge in [-0.15, -0.1) is 11.3 Å². The first-order chi connectivity index (χ1) is 6.88. The van der Waals surface area contributed by atoms with Crippen molar-refractivity contribution in [1.82, 2.24) is 9.97 Å². The van der Waals surface area contributed by atoms with E-state index in [9.17, 15) is 0 Å². The van der Waals surface area contributed by atoms with Crippen LogP contribution in [0.3, 0.4) is 0 Å². The summed E-state index contributed by atoms with van der Waals surface area (Å²) in [6.45, 7) is 0. The fourth-order valence-electron chi connectivity index (χ4n) is 0.897. The minimum absolute atomic E-state index is 0.437. The van der Waals surface area contributed by atoms with E-state index in [1.165, 1.54) is 0 Å². The minimum atomic E-state index is 0.437. The van der Waals surface area contributed by atoms with Gasteiger partial charge in [0.25, 0.3) is 0 Å². The van der Waals surface area contributed by atoms with E-state index < -0.39 is 0 Å².